The molecule has 0 heterocycles. The molecule has 112 valence electrons. The lowest BCUT2D eigenvalue weighted by molar-refractivity contribution is 0.591. The smallest absolute Gasteiger partial charge is 0.239 e. The number of aryl methyl sites for hydroxylation is 1. The van der Waals surface area contributed by atoms with E-state index in [0.717, 1.165) is 11.1 Å². The van der Waals surface area contributed by atoms with Crippen LogP contribution in [0.1, 0.15) is 18.1 Å². The van der Waals surface area contributed by atoms with Crippen LogP contribution in [0, 0.1) is 6.92 Å². The second kappa shape index (κ2) is 6.18. The van der Waals surface area contributed by atoms with Gasteiger partial charge in [-0.15, -0.1) is 0 Å². The largest absolute Gasteiger partial charge is 0.399 e. The van der Waals surface area contributed by atoms with E-state index < -0.39 is 10.0 Å². The van der Waals surface area contributed by atoms with Gasteiger partial charge < -0.3 is 5.73 Å². The van der Waals surface area contributed by atoms with Crippen LogP contribution in [0.3, 0.4) is 0 Å². The molecule has 0 radical (unpaired) electrons. The minimum Gasteiger partial charge on any atom is -0.399 e. The number of rotatable bonds is 5. The number of benzene rings is 2. The monoisotopic (exact) mass is 304 g/mol. The zero-order chi connectivity index (χ0) is 15.5. The summed E-state index contributed by atoms with van der Waals surface area (Å²) in [6, 6.07) is 14.4. The van der Waals surface area contributed by atoms with Gasteiger partial charge in [0.15, 0.2) is 0 Å². The lowest BCUT2D eigenvalue weighted by Crippen LogP contribution is -2.31. The molecule has 2 N–H and O–H groups in total. The van der Waals surface area contributed by atoms with Crippen molar-refractivity contribution in [3.8, 4) is 0 Å². The first-order valence-corrected chi connectivity index (χ1v) is 8.45. The first-order chi connectivity index (χ1) is 9.92. The van der Waals surface area contributed by atoms with Crippen molar-refractivity contribution in [1.82, 2.24) is 0 Å². The summed E-state index contributed by atoms with van der Waals surface area (Å²) in [6.45, 7) is 4.21. The fourth-order valence-electron chi connectivity index (χ4n) is 2.15. The van der Waals surface area contributed by atoms with Gasteiger partial charge in [0.1, 0.15) is 0 Å². The Hall–Kier alpha value is -2.01. The summed E-state index contributed by atoms with van der Waals surface area (Å²) in [5.74, 6) is -0.0327. The third-order valence-corrected chi connectivity index (χ3v) is 5.11. The van der Waals surface area contributed by atoms with Crippen molar-refractivity contribution in [3.05, 3.63) is 59.7 Å². The van der Waals surface area contributed by atoms with Crippen molar-refractivity contribution >= 4 is 21.4 Å². The maximum Gasteiger partial charge on any atom is 0.239 e. The van der Waals surface area contributed by atoms with Crippen LogP contribution in [0.25, 0.3) is 0 Å². The van der Waals surface area contributed by atoms with Crippen molar-refractivity contribution in [2.24, 2.45) is 0 Å². The van der Waals surface area contributed by atoms with Crippen molar-refractivity contribution in [1.29, 1.82) is 0 Å². The van der Waals surface area contributed by atoms with Gasteiger partial charge in [0.05, 0.1) is 11.4 Å². The van der Waals surface area contributed by atoms with Crippen LogP contribution in [0.15, 0.2) is 48.5 Å². The normalized spacial score (nSPS) is 11.3. The van der Waals surface area contributed by atoms with Crippen LogP contribution >= 0.6 is 0 Å². The van der Waals surface area contributed by atoms with Gasteiger partial charge in [0, 0.05) is 12.2 Å². The quantitative estimate of drug-likeness (QED) is 0.864. The van der Waals surface area contributed by atoms with E-state index in [-0.39, 0.29) is 5.75 Å². The van der Waals surface area contributed by atoms with E-state index in [4.69, 9.17) is 5.73 Å². The average Bonchev–Trinajstić information content (AvgIpc) is 2.44. The lowest BCUT2D eigenvalue weighted by Gasteiger charge is -2.23. The maximum absolute atomic E-state index is 12.6. The van der Waals surface area contributed by atoms with E-state index >= 15 is 0 Å². The number of hydrogen-bond donors (Lipinski definition) is 1. The van der Waals surface area contributed by atoms with Gasteiger partial charge in [-0.05, 0) is 43.7 Å². The SMILES string of the molecule is CCN(c1ccc(C)cc1)S(=O)(=O)Cc1ccc(N)cc1. The Morgan fingerprint density at radius 3 is 2.10 bits per heavy atom. The Morgan fingerprint density at radius 1 is 1.00 bits per heavy atom. The molecule has 0 aromatic heterocycles. The Morgan fingerprint density at radius 2 is 1.57 bits per heavy atom. The molecular weight excluding hydrogens is 284 g/mol. The molecule has 0 unspecified atom stereocenters. The molecule has 2 aromatic rings. The molecule has 0 aliphatic heterocycles. The minimum absolute atomic E-state index is 0.0327. The average molecular weight is 304 g/mol. The molecule has 0 amide bonds. The van der Waals surface area contributed by atoms with E-state index in [1.807, 2.05) is 38.1 Å². The standard InChI is InChI=1S/C16H20N2O2S/c1-3-18(16-10-4-13(2)5-11-16)21(19,20)12-14-6-8-15(17)9-7-14/h4-11H,3,12,17H2,1-2H3. The third kappa shape index (κ3) is 3.76. The Balaban J connectivity index is 2.27. The molecule has 0 aliphatic rings. The molecule has 5 heteroatoms. The van der Waals surface area contributed by atoms with Crippen molar-refractivity contribution in [3.63, 3.8) is 0 Å². The third-order valence-electron chi connectivity index (χ3n) is 3.27. The highest BCUT2D eigenvalue weighted by Crippen LogP contribution is 2.21. The van der Waals surface area contributed by atoms with Crippen LogP contribution in [0.5, 0.6) is 0 Å². The van der Waals surface area contributed by atoms with Gasteiger partial charge in [-0.1, -0.05) is 29.8 Å². The van der Waals surface area contributed by atoms with Crippen molar-refractivity contribution in [2.45, 2.75) is 19.6 Å². The molecule has 2 rings (SSSR count). The zero-order valence-electron chi connectivity index (χ0n) is 12.3. The highest BCUT2D eigenvalue weighted by molar-refractivity contribution is 7.92. The first-order valence-electron chi connectivity index (χ1n) is 6.84. The van der Waals surface area contributed by atoms with Gasteiger partial charge in [-0.3, -0.25) is 4.31 Å². The molecule has 0 saturated carbocycles. The fraction of sp³-hybridized carbons (Fsp3) is 0.250. The van der Waals surface area contributed by atoms with Crippen LogP contribution in [0.2, 0.25) is 0 Å². The molecule has 4 nitrogen and oxygen atoms in total. The summed E-state index contributed by atoms with van der Waals surface area (Å²) >= 11 is 0. The van der Waals surface area contributed by atoms with Crippen LogP contribution < -0.4 is 10.0 Å². The fourth-order valence-corrected chi connectivity index (χ4v) is 3.76. The van der Waals surface area contributed by atoms with E-state index in [1.165, 1.54) is 4.31 Å². The number of anilines is 2. The predicted octanol–water partition coefficient (Wildman–Crippen LogP) is 2.93. The van der Waals surface area contributed by atoms with Gasteiger partial charge in [-0.2, -0.15) is 0 Å². The number of nitrogens with zero attached hydrogens (tertiary/aromatic N) is 1. The summed E-state index contributed by atoms with van der Waals surface area (Å²) in [6.07, 6.45) is 0. The van der Waals surface area contributed by atoms with Crippen LogP contribution in [0.4, 0.5) is 11.4 Å². The van der Waals surface area contributed by atoms with Crippen molar-refractivity contribution in [2.75, 3.05) is 16.6 Å². The first kappa shape index (κ1) is 15.4. The summed E-state index contributed by atoms with van der Waals surface area (Å²) in [5, 5.41) is 0. The second-order valence-electron chi connectivity index (χ2n) is 5.00. The molecule has 0 aliphatic carbocycles. The van der Waals surface area contributed by atoms with E-state index in [1.54, 1.807) is 24.3 Å². The molecule has 2 aromatic carbocycles. The number of nitrogen functional groups attached to an aromatic ring is 1. The summed E-state index contributed by atoms with van der Waals surface area (Å²) in [5.41, 5.74) is 8.78. The zero-order valence-corrected chi connectivity index (χ0v) is 13.1. The molecular formula is C16H20N2O2S. The Labute approximate surface area is 126 Å². The van der Waals surface area contributed by atoms with Crippen LogP contribution in [-0.2, 0) is 15.8 Å². The van der Waals surface area contributed by atoms with Gasteiger partial charge >= 0.3 is 0 Å². The van der Waals surface area contributed by atoms with Gasteiger partial charge in [0.2, 0.25) is 10.0 Å². The molecule has 0 atom stereocenters. The highest BCUT2D eigenvalue weighted by Gasteiger charge is 2.21. The lowest BCUT2D eigenvalue weighted by atomic mass is 10.2. The molecule has 21 heavy (non-hydrogen) atoms. The van der Waals surface area contributed by atoms with E-state index in [0.29, 0.717) is 17.9 Å². The van der Waals surface area contributed by atoms with E-state index in [2.05, 4.69) is 0 Å². The second-order valence-corrected chi connectivity index (χ2v) is 6.89. The number of nitrogens with two attached hydrogens (primary N) is 1. The van der Waals surface area contributed by atoms with Crippen molar-refractivity contribution < 1.29 is 8.42 Å². The molecule has 0 saturated heterocycles. The highest BCUT2D eigenvalue weighted by atomic mass is 32.2. The number of hydrogen-bond acceptors (Lipinski definition) is 3. The molecule has 0 spiro atoms. The van der Waals surface area contributed by atoms with Gasteiger partial charge in [0.25, 0.3) is 0 Å². The maximum atomic E-state index is 12.6. The number of sulfonamides is 1. The Kier molecular flexibility index (Phi) is 4.53. The summed E-state index contributed by atoms with van der Waals surface area (Å²) in [7, 11) is -3.41. The summed E-state index contributed by atoms with van der Waals surface area (Å²) < 4.78 is 26.6. The topological polar surface area (TPSA) is 63.4 Å². The van der Waals surface area contributed by atoms with Crippen LogP contribution in [-0.4, -0.2) is 15.0 Å². The summed E-state index contributed by atoms with van der Waals surface area (Å²) in [4.78, 5) is 0. The van der Waals surface area contributed by atoms with Gasteiger partial charge in [-0.25, -0.2) is 8.42 Å². The predicted molar refractivity (Wildman–Crippen MR) is 87.7 cm³/mol. The molecule has 0 fully saturated rings. The Bertz CT molecular complexity index is 692. The molecule has 0 bridgehead atoms. The van der Waals surface area contributed by atoms with E-state index in [9.17, 15) is 8.42 Å². The minimum atomic E-state index is -3.41.